The molecule has 2 saturated heterocycles. The van der Waals surface area contributed by atoms with Gasteiger partial charge in [0.1, 0.15) is 0 Å². The lowest BCUT2D eigenvalue weighted by Crippen LogP contribution is -2.51. The molecule has 4 aliphatic rings. The van der Waals surface area contributed by atoms with Gasteiger partial charge in [-0.15, -0.1) is 0 Å². The monoisotopic (exact) mass is 395 g/mol. The van der Waals surface area contributed by atoms with E-state index in [0.717, 1.165) is 58.2 Å². The molecule has 5 nitrogen and oxygen atoms in total. The summed E-state index contributed by atoms with van der Waals surface area (Å²) >= 11 is 0. The fraction of sp³-hybridized carbons (Fsp3) is 0.667. The van der Waals surface area contributed by atoms with E-state index in [0.29, 0.717) is 24.5 Å². The standard InChI is InChI=1S/C24H33N3O2/c28-15-17-10-19-18-2-1-3-21-24(18)20(11-23(19)27(13-17)12-16-4-5-16)22(25-21)14-26-6-8-29-9-7-26/h1-3,16-17,19,23,25,28H,4-15H2/t17?,19-,23-/m1/s1. The van der Waals surface area contributed by atoms with Gasteiger partial charge in [-0.25, -0.2) is 0 Å². The number of hydrogen-bond acceptors (Lipinski definition) is 4. The van der Waals surface area contributed by atoms with Gasteiger partial charge in [0.05, 0.1) is 13.2 Å². The summed E-state index contributed by atoms with van der Waals surface area (Å²) in [5.41, 5.74) is 5.81. The summed E-state index contributed by atoms with van der Waals surface area (Å²) < 4.78 is 5.55. The number of aliphatic hydroxyl groups excluding tert-OH is 1. The van der Waals surface area contributed by atoms with Crippen LogP contribution in [0.4, 0.5) is 0 Å². The summed E-state index contributed by atoms with van der Waals surface area (Å²) in [4.78, 5) is 9.07. The molecule has 0 amide bonds. The first-order valence-electron chi connectivity index (χ1n) is 11.6. The zero-order chi connectivity index (χ0) is 19.4. The van der Waals surface area contributed by atoms with E-state index in [1.54, 1.807) is 5.56 Å². The van der Waals surface area contributed by atoms with Crippen molar-refractivity contribution in [1.29, 1.82) is 0 Å². The SMILES string of the molecule is OCC1C[C@@H]2c3cccc4[nH]c(CN5CCOCC5)c(c34)C[C@H]2N(CC2CC2)C1. The normalized spacial score (nSPS) is 30.6. The van der Waals surface area contributed by atoms with Crippen LogP contribution in [0.3, 0.4) is 0 Å². The molecule has 3 fully saturated rings. The number of benzene rings is 1. The lowest BCUT2D eigenvalue weighted by atomic mass is 9.72. The number of aromatic nitrogens is 1. The van der Waals surface area contributed by atoms with Gasteiger partial charge in [-0.3, -0.25) is 9.80 Å². The third kappa shape index (κ3) is 3.32. The molecular weight excluding hydrogens is 362 g/mol. The number of rotatable bonds is 5. The van der Waals surface area contributed by atoms with Gasteiger partial charge in [-0.2, -0.15) is 0 Å². The molecule has 3 atom stereocenters. The lowest BCUT2D eigenvalue weighted by Gasteiger charge is -2.47. The first kappa shape index (κ1) is 18.4. The van der Waals surface area contributed by atoms with Crippen molar-refractivity contribution in [3.05, 3.63) is 35.0 Å². The topological polar surface area (TPSA) is 51.7 Å². The van der Waals surface area contributed by atoms with Crippen LogP contribution in [-0.4, -0.2) is 71.9 Å². The quantitative estimate of drug-likeness (QED) is 0.817. The maximum Gasteiger partial charge on any atom is 0.0594 e. The maximum absolute atomic E-state index is 9.98. The first-order valence-corrected chi connectivity index (χ1v) is 11.6. The number of nitrogens with one attached hydrogen (secondary N) is 1. The molecule has 6 rings (SSSR count). The molecule has 2 aliphatic carbocycles. The van der Waals surface area contributed by atoms with E-state index in [1.165, 1.54) is 41.5 Å². The second-order valence-corrected chi connectivity index (χ2v) is 9.80. The number of morpholine rings is 1. The van der Waals surface area contributed by atoms with E-state index in [9.17, 15) is 5.11 Å². The average Bonchev–Trinajstić information content (AvgIpc) is 3.51. The Morgan fingerprint density at radius 3 is 2.79 bits per heavy atom. The van der Waals surface area contributed by atoms with Crippen molar-refractivity contribution in [2.75, 3.05) is 46.0 Å². The highest BCUT2D eigenvalue weighted by Crippen LogP contribution is 2.47. The minimum absolute atomic E-state index is 0.322. The number of hydrogen-bond donors (Lipinski definition) is 2. The Morgan fingerprint density at radius 1 is 1.14 bits per heavy atom. The molecule has 0 radical (unpaired) electrons. The first-order chi connectivity index (χ1) is 14.3. The Balaban J connectivity index is 1.38. The minimum atomic E-state index is 0.322. The van der Waals surface area contributed by atoms with Crippen LogP contribution < -0.4 is 0 Å². The van der Waals surface area contributed by atoms with E-state index in [1.807, 2.05) is 0 Å². The molecule has 2 N–H and O–H groups in total. The molecule has 0 bridgehead atoms. The number of likely N-dealkylation sites (tertiary alicyclic amines) is 1. The highest BCUT2D eigenvalue weighted by molar-refractivity contribution is 5.89. The summed E-state index contributed by atoms with van der Waals surface area (Å²) in [6.45, 7) is 7.38. The van der Waals surface area contributed by atoms with Crippen LogP contribution in [0.5, 0.6) is 0 Å². The summed E-state index contributed by atoms with van der Waals surface area (Å²) in [5.74, 6) is 1.87. The molecule has 1 saturated carbocycles. The minimum Gasteiger partial charge on any atom is -0.396 e. The van der Waals surface area contributed by atoms with Gasteiger partial charge >= 0.3 is 0 Å². The van der Waals surface area contributed by atoms with E-state index in [4.69, 9.17) is 4.74 Å². The fourth-order valence-electron chi connectivity index (χ4n) is 6.15. The third-order valence-corrected chi connectivity index (χ3v) is 7.81. The zero-order valence-corrected chi connectivity index (χ0v) is 17.3. The number of nitrogens with zero attached hydrogens (tertiary/aromatic N) is 2. The van der Waals surface area contributed by atoms with Gasteiger partial charge < -0.3 is 14.8 Å². The summed E-state index contributed by atoms with van der Waals surface area (Å²) in [5, 5.41) is 11.5. The zero-order valence-electron chi connectivity index (χ0n) is 17.3. The molecule has 5 heteroatoms. The summed E-state index contributed by atoms with van der Waals surface area (Å²) in [6.07, 6.45) is 5.08. The van der Waals surface area contributed by atoms with Crippen LogP contribution in [-0.2, 0) is 17.7 Å². The molecule has 3 heterocycles. The Morgan fingerprint density at radius 2 is 2.00 bits per heavy atom. The fourth-order valence-corrected chi connectivity index (χ4v) is 6.15. The predicted octanol–water partition coefficient (Wildman–Crippen LogP) is 2.73. The summed E-state index contributed by atoms with van der Waals surface area (Å²) in [7, 11) is 0. The van der Waals surface area contributed by atoms with Crippen molar-refractivity contribution in [2.45, 2.75) is 44.2 Å². The predicted molar refractivity (Wildman–Crippen MR) is 114 cm³/mol. The van der Waals surface area contributed by atoms with Crippen LogP contribution in [0, 0.1) is 11.8 Å². The van der Waals surface area contributed by atoms with Gasteiger partial charge in [0, 0.05) is 67.9 Å². The number of H-pyrrole nitrogens is 1. The second-order valence-electron chi connectivity index (χ2n) is 9.80. The van der Waals surface area contributed by atoms with Gasteiger partial charge in [0.15, 0.2) is 0 Å². The van der Waals surface area contributed by atoms with Gasteiger partial charge in [0.2, 0.25) is 0 Å². The number of piperidine rings is 1. The van der Waals surface area contributed by atoms with Crippen molar-refractivity contribution >= 4 is 10.9 Å². The molecule has 0 spiro atoms. The van der Waals surface area contributed by atoms with Gasteiger partial charge in [0.25, 0.3) is 0 Å². The Bertz CT molecular complexity index is 884. The number of aromatic amines is 1. The molecular formula is C24H33N3O2. The van der Waals surface area contributed by atoms with Crippen LogP contribution in [0.1, 0.15) is 42.0 Å². The largest absolute Gasteiger partial charge is 0.396 e. The van der Waals surface area contributed by atoms with Crippen LogP contribution in [0.2, 0.25) is 0 Å². The Hall–Kier alpha value is -1.40. The molecule has 2 aromatic rings. The van der Waals surface area contributed by atoms with Crippen LogP contribution >= 0.6 is 0 Å². The van der Waals surface area contributed by atoms with Crippen molar-refractivity contribution in [3.8, 4) is 0 Å². The molecule has 2 aliphatic heterocycles. The molecule has 1 aromatic carbocycles. The van der Waals surface area contributed by atoms with Crippen molar-refractivity contribution < 1.29 is 9.84 Å². The highest BCUT2D eigenvalue weighted by atomic mass is 16.5. The van der Waals surface area contributed by atoms with E-state index < -0.39 is 0 Å². The van der Waals surface area contributed by atoms with E-state index >= 15 is 0 Å². The highest BCUT2D eigenvalue weighted by Gasteiger charge is 2.42. The van der Waals surface area contributed by atoms with Crippen molar-refractivity contribution in [3.63, 3.8) is 0 Å². The van der Waals surface area contributed by atoms with Crippen LogP contribution in [0.15, 0.2) is 18.2 Å². The average molecular weight is 396 g/mol. The Labute approximate surface area is 173 Å². The lowest BCUT2D eigenvalue weighted by molar-refractivity contribution is 0.0332. The summed E-state index contributed by atoms with van der Waals surface area (Å²) in [6, 6.07) is 7.44. The molecule has 29 heavy (non-hydrogen) atoms. The number of aliphatic hydroxyl groups is 1. The van der Waals surface area contributed by atoms with E-state index in [2.05, 4.69) is 33.0 Å². The second kappa shape index (κ2) is 7.38. The number of ether oxygens (including phenoxy) is 1. The van der Waals surface area contributed by atoms with Crippen LogP contribution in [0.25, 0.3) is 10.9 Å². The van der Waals surface area contributed by atoms with Gasteiger partial charge in [-0.1, -0.05) is 12.1 Å². The maximum atomic E-state index is 9.98. The van der Waals surface area contributed by atoms with E-state index in [-0.39, 0.29) is 0 Å². The number of fused-ring (bicyclic) bond motifs is 2. The third-order valence-electron chi connectivity index (χ3n) is 7.81. The molecule has 1 unspecified atom stereocenters. The van der Waals surface area contributed by atoms with Crippen molar-refractivity contribution in [2.24, 2.45) is 11.8 Å². The van der Waals surface area contributed by atoms with Gasteiger partial charge in [-0.05, 0) is 54.7 Å². The Kier molecular flexibility index (Phi) is 4.68. The van der Waals surface area contributed by atoms with Crippen molar-refractivity contribution in [1.82, 2.24) is 14.8 Å². The molecule has 156 valence electrons. The molecule has 1 aromatic heterocycles. The smallest absolute Gasteiger partial charge is 0.0594 e.